The lowest BCUT2D eigenvalue weighted by atomic mass is 9.96. The largest absolute Gasteiger partial charge is 0.394 e. The molecular formula is C18H32O15. The van der Waals surface area contributed by atoms with Crippen molar-refractivity contribution < 1.29 is 74.7 Å². The van der Waals surface area contributed by atoms with E-state index in [4.69, 9.17) is 23.7 Å². The van der Waals surface area contributed by atoms with Crippen LogP contribution in [-0.4, -0.2) is 156 Å². The van der Waals surface area contributed by atoms with Gasteiger partial charge >= 0.3 is 0 Å². The number of aliphatic hydroxyl groups is 10. The van der Waals surface area contributed by atoms with Crippen LogP contribution in [-0.2, 0) is 23.7 Å². The van der Waals surface area contributed by atoms with Crippen molar-refractivity contribution in [2.24, 2.45) is 0 Å². The summed E-state index contributed by atoms with van der Waals surface area (Å²) < 4.78 is 26.7. The summed E-state index contributed by atoms with van der Waals surface area (Å²) in [6.07, 6.45) is -24.1. The third-order valence-corrected chi connectivity index (χ3v) is 6.06. The van der Waals surface area contributed by atoms with Crippen LogP contribution in [0.3, 0.4) is 0 Å². The van der Waals surface area contributed by atoms with Crippen LogP contribution >= 0.6 is 0 Å². The van der Waals surface area contributed by atoms with Crippen LogP contribution < -0.4 is 0 Å². The predicted octanol–water partition coefficient (Wildman–Crippen LogP) is -6.55. The van der Waals surface area contributed by atoms with Crippen molar-refractivity contribution >= 4 is 0 Å². The molecule has 0 aromatic heterocycles. The van der Waals surface area contributed by atoms with Gasteiger partial charge in [0.2, 0.25) is 0 Å². The Morgan fingerprint density at radius 3 is 1.61 bits per heavy atom. The summed E-state index contributed by atoms with van der Waals surface area (Å²) >= 11 is 0. The SMILES string of the molecule is C[C@@H]1O[C@@H](O[C@@H]2[C@@H](O[C@@H]3O[C@H](CO)[C@@H](O)[C@H](O)[C@H]3O)[C@@H](O)[C@@H](CO)O[C@H]2O)[C@H](O)[C@H](O)[C@H]1O. The van der Waals surface area contributed by atoms with Gasteiger partial charge in [-0.1, -0.05) is 0 Å². The summed E-state index contributed by atoms with van der Waals surface area (Å²) in [6.45, 7) is -0.115. The molecule has 0 aromatic carbocycles. The summed E-state index contributed by atoms with van der Waals surface area (Å²) in [5.74, 6) is 0. The molecule has 0 bridgehead atoms. The Hall–Kier alpha value is -0.600. The second-order valence-corrected chi connectivity index (χ2v) is 8.32. The van der Waals surface area contributed by atoms with Crippen LogP contribution in [0.15, 0.2) is 0 Å². The molecule has 0 saturated carbocycles. The molecule has 0 aromatic rings. The van der Waals surface area contributed by atoms with E-state index in [2.05, 4.69) is 0 Å². The number of hydrogen-bond donors (Lipinski definition) is 10. The lowest BCUT2D eigenvalue weighted by Crippen LogP contribution is -2.66. The Labute approximate surface area is 187 Å². The molecule has 3 fully saturated rings. The number of hydrogen-bond acceptors (Lipinski definition) is 15. The molecule has 194 valence electrons. The standard InChI is InChI=1S/C18H32O15/c1-4-7(21)10(24)12(26)17(29-4)33-15-14(9(23)6(3-20)30-16(15)28)32-18-13(27)11(25)8(22)5(2-19)31-18/h4-28H,2-3H2,1H3/t4-,5+,6+,7-,8+,9-,10+,11-,12+,13+,14-,15+,16+,17-,18-/m0/s1. The van der Waals surface area contributed by atoms with Crippen LogP contribution in [0.5, 0.6) is 0 Å². The first-order valence-electron chi connectivity index (χ1n) is 10.4. The molecule has 3 heterocycles. The number of ether oxygens (including phenoxy) is 5. The van der Waals surface area contributed by atoms with Gasteiger partial charge in [0.1, 0.15) is 67.1 Å². The molecule has 3 aliphatic rings. The average Bonchev–Trinajstić information content (AvgIpc) is 2.79. The molecule has 0 aliphatic carbocycles. The summed E-state index contributed by atoms with van der Waals surface area (Å²) in [6, 6.07) is 0. The van der Waals surface area contributed by atoms with Crippen molar-refractivity contribution in [2.75, 3.05) is 13.2 Å². The molecule has 0 spiro atoms. The second-order valence-electron chi connectivity index (χ2n) is 8.32. The molecule has 15 heteroatoms. The van der Waals surface area contributed by atoms with Crippen LogP contribution in [0.2, 0.25) is 0 Å². The van der Waals surface area contributed by atoms with E-state index in [0.29, 0.717) is 0 Å². The zero-order valence-electron chi connectivity index (χ0n) is 17.6. The van der Waals surface area contributed by atoms with E-state index < -0.39 is 105 Å². The van der Waals surface area contributed by atoms with Gasteiger partial charge in [-0.2, -0.15) is 0 Å². The maximum Gasteiger partial charge on any atom is 0.187 e. The van der Waals surface area contributed by atoms with E-state index in [9.17, 15) is 51.1 Å². The minimum atomic E-state index is -1.88. The molecule has 3 aliphatic heterocycles. The van der Waals surface area contributed by atoms with Crippen molar-refractivity contribution in [2.45, 2.75) is 99.0 Å². The van der Waals surface area contributed by atoms with Gasteiger partial charge in [0.15, 0.2) is 18.9 Å². The Kier molecular flexibility index (Phi) is 8.99. The predicted molar refractivity (Wildman–Crippen MR) is 99.8 cm³/mol. The first-order valence-corrected chi connectivity index (χ1v) is 10.4. The van der Waals surface area contributed by atoms with Gasteiger partial charge < -0.3 is 74.7 Å². The van der Waals surface area contributed by atoms with Gasteiger partial charge in [0.25, 0.3) is 0 Å². The van der Waals surface area contributed by atoms with E-state index in [1.54, 1.807) is 0 Å². The first kappa shape index (κ1) is 27.0. The van der Waals surface area contributed by atoms with Crippen molar-refractivity contribution in [1.82, 2.24) is 0 Å². The van der Waals surface area contributed by atoms with Crippen molar-refractivity contribution in [3.05, 3.63) is 0 Å². The normalized spacial score (nSPS) is 53.7. The van der Waals surface area contributed by atoms with Gasteiger partial charge in [-0.05, 0) is 6.92 Å². The van der Waals surface area contributed by atoms with Gasteiger partial charge in [0.05, 0.1) is 19.3 Å². The fourth-order valence-electron chi connectivity index (χ4n) is 3.97. The van der Waals surface area contributed by atoms with E-state index in [1.165, 1.54) is 6.92 Å². The quantitative estimate of drug-likeness (QED) is 0.167. The third kappa shape index (κ3) is 5.32. The molecule has 15 atom stereocenters. The van der Waals surface area contributed by atoms with Gasteiger partial charge in [-0.25, -0.2) is 0 Å². The van der Waals surface area contributed by atoms with E-state index in [0.717, 1.165) is 0 Å². The molecule has 15 nitrogen and oxygen atoms in total. The van der Waals surface area contributed by atoms with Gasteiger partial charge in [0, 0.05) is 0 Å². The van der Waals surface area contributed by atoms with Crippen molar-refractivity contribution in [3.8, 4) is 0 Å². The highest BCUT2D eigenvalue weighted by molar-refractivity contribution is 4.96. The summed E-state index contributed by atoms with van der Waals surface area (Å²) in [5, 5.41) is 100.0. The lowest BCUT2D eigenvalue weighted by Gasteiger charge is -2.48. The zero-order valence-corrected chi connectivity index (χ0v) is 17.6. The highest BCUT2D eigenvalue weighted by Crippen LogP contribution is 2.32. The fourth-order valence-corrected chi connectivity index (χ4v) is 3.97. The van der Waals surface area contributed by atoms with E-state index in [-0.39, 0.29) is 0 Å². The maximum atomic E-state index is 10.6. The Morgan fingerprint density at radius 2 is 1.03 bits per heavy atom. The average molecular weight is 488 g/mol. The number of rotatable bonds is 6. The zero-order chi connectivity index (χ0) is 24.6. The van der Waals surface area contributed by atoms with Crippen molar-refractivity contribution in [3.63, 3.8) is 0 Å². The minimum Gasteiger partial charge on any atom is -0.394 e. The van der Waals surface area contributed by atoms with Gasteiger partial charge in [-0.3, -0.25) is 0 Å². The molecule has 3 rings (SSSR count). The fraction of sp³-hybridized carbons (Fsp3) is 1.00. The highest BCUT2D eigenvalue weighted by atomic mass is 16.8. The van der Waals surface area contributed by atoms with E-state index >= 15 is 0 Å². The van der Waals surface area contributed by atoms with Crippen LogP contribution in [0.1, 0.15) is 6.92 Å². The summed E-state index contributed by atoms with van der Waals surface area (Å²) in [4.78, 5) is 0. The number of aliphatic hydroxyl groups excluding tert-OH is 10. The Morgan fingerprint density at radius 1 is 0.545 bits per heavy atom. The molecule has 33 heavy (non-hydrogen) atoms. The third-order valence-electron chi connectivity index (χ3n) is 6.06. The maximum absolute atomic E-state index is 10.6. The Bertz CT molecular complexity index is 624. The molecule has 10 N–H and O–H groups in total. The monoisotopic (exact) mass is 488 g/mol. The highest BCUT2D eigenvalue weighted by Gasteiger charge is 2.53. The summed E-state index contributed by atoms with van der Waals surface area (Å²) in [5.41, 5.74) is 0. The van der Waals surface area contributed by atoms with Gasteiger partial charge in [-0.15, -0.1) is 0 Å². The minimum absolute atomic E-state index is 0.747. The van der Waals surface area contributed by atoms with Crippen molar-refractivity contribution in [1.29, 1.82) is 0 Å². The Balaban J connectivity index is 1.82. The molecular weight excluding hydrogens is 456 g/mol. The first-order chi connectivity index (χ1) is 15.5. The second kappa shape index (κ2) is 11.0. The van der Waals surface area contributed by atoms with Crippen LogP contribution in [0, 0.1) is 0 Å². The molecule has 0 radical (unpaired) electrons. The smallest absolute Gasteiger partial charge is 0.187 e. The topological polar surface area (TPSA) is 248 Å². The van der Waals surface area contributed by atoms with Crippen LogP contribution in [0.4, 0.5) is 0 Å². The lowest BCUT2D eigenvalue weighted by molar-refractivity contribution is -0.386. The van der Waals surface area contributed by atoms with E-state index in [1.807, 2.05) is 0 Å². The molecule has 0 amide bonds. The molecule has 0 unspecified atom stereocenters. The van der Waals surface area contributed by atoms with Crippen LogP contribution in [0.25, 0.3) is 0 Å². The summed E-state index contributed by atoms with van der Waals surface area (Å²) in [7, 11) is 0. The molecule has 3 saturated heterocycles.